The minimum absolute atomic E-state index is 0.121. The second kappa shape index (κ2) is 13.5. The molecule has 1 saturated carbocycles. The van der Waals surface area contributed by atoms with E-state index in [2.05, 4.69) is 89.8 Å². The number of nitrogens with zero attached hydrogens (tertiary/aromatic N) is 3. The fourth-order valence-electron chi connectivity index (χ4n) is 6.80. The molecule has 1 amide bonds. The SMILES string of the molecule is CCC1=CC(c2ccnc(CC3CCC(C(C(=O)NCc4ccccc4)c4ccc(C5=CC(C)N=C5)cc4)CC3)n2)C=C1. The topological polar surface area (TPSA) is 67.2 Å². The van der Waals surface area contributed by atoms with E-state index >= 15 is 0 Å². The number of amides is 1. The number of aliphatic imine (C=N–C) groups is 1. The highest BCUT2D eigenvalue weighted by molar-refractivity contribution is 6.11. The maximum absolute atomic E-state index is 13.8. The molecule has 3 aromatic rings. The Labute approximate surface area is 256 Å². The summed E-state index contributed by atoms with van der Waals surface area (Å²) < 4.78 is 0. The number of hydrogen-bond donors (Lipinski definition) is 1. The van der Waals surface area contributed by atoms with Gasteiger partial charge in [0.1, 0.15) is 5.82 Å². The van der Waals surface area contributed by atoms with Gasteiger partial charge in [0.05, 0.1) is 17.7 Å². The second-order valence-corrected chi connectivity index (χ2v) is 12.3. The first-order valence-electron chi connectivity index (χ1n) is 15.9. The smallest absolute Gasteiger partial charge is 0.228 e. The maximum Gasteiger partial charge on any atom is 0.228 e. The van der Waals surface area contributed by atoms with Gasteiger partial charge in [-0.05, 0) is 79.2 Å². The average molecular weight is 571 g/mol. The lowest BCUT2D eigenvalue weighted by Crippen LogP contribution is -2.35. The van der Waals surface area contributed by atoms with Gasteiger partial charge < -0.3 is 5.32 Å². The number of hydrogen-bond acceptors (Lipinski definition) is 4. The quantitative estimate of drug-likeness (QED) is 0.271. The molecule has 0 bridgehead atoms. The Bertz CT molecular complexity index is 1530. The van der Waals surface area contributed by atoms with Gasteiger partial charge in [0.25, 0.3) is 0 Å². The van der Waals surface area contributed by atoms with Crippen molar-refractivity contribution in [3.63, 3.8) is 0 Å². The van der Waals surface area contributed by atoms with Crippen LogP contribution in [-0.4, -0.2) is 28.1 Å². The highest BCUT2D eigenvalue weighted by Crippen LogP contribution is 2.40. The Morgan fingerprint density at radius 1 is 0.977 bits per heavy atom. The monoisotopic (exact) mass is 570 g/mol. The zero-order valence-corrected chi connectivity index (χ0v) is 25.3. The van der Waals surface area contributed by atoms with Gasteiger partial charge in [0.15, 0.2) is 0 Å². The summed E-state index contributed by atoms with van der Waals surface area (Å²) in [6.07, 6.45) is 19.0. The van der Waals surface area contributed by atoms with Crippen LogP contribution in [0.2, 0.25) is 0 Å². The van der Waals surface area contributed by atoms with Gasteiger partial charge in [-0.3, -0.25) is 9.79 Å². The number of carbonyl (C=O) groups is 1. The third-order valence-corrected chi connectivity index (χ3v) is 9.29. The molecule has 1 aromatic heterocycles. The molecular weight excluding hydrogens is 528 g/mol. The van der Waals surface area contributed by atoms with Crippen LogP contribution in [0.4, 0.5) is 0 Å². The van der Waals surface area contributed by atoms with E-state index in [9.17, 15) is 4.79 Å². The van der Waals surface area contributed by atoms with Gasteiger partial charge in [-0.2, -0.15) is 0 Å². The van der Waals surface area contributed by atoms with Crippen LogP contribution in [0.3, 0.4) is 0 Å². The van der Waals surface area contributed by atoms with E-state index in [1.54, 1.807) is 0 Å². The second-order valence-electron chi connectivity index (χ2n) is 12.3. The average Bonchev–Trinajstić information content (AvgIpc) is 3.71. The van der Waals surface area contributed by atoms with E-state index in [1.807, 2.05) is 36.7 Å². The Kier molecular flexibility index (Phi) is 9.07. The summed E-state index contributed by atoms with van der Waals surface area (Å²) in [5, 5.41) is 3.26. The number of rotatable bonds is 10. The molecule has 43 heavy (non-hydrogen) atoms. The molecule has 1 aliphatic heterocycles. The van der Waals surface area contributed by atoms with Crippen molar-refractivity contribution in [3.8, 4) is 0 Å². The van der Waals surface area contributed by atoms with Crippen LogP contribution in [-0.2, 0) is 17.8 Å². The van der Waals surface area contributed by atoms with Gasteiger partial charge in [0, 0.05) is 31.3 Å². The molecule has 1 fully saturated rings. The van der Waals surface area contributed by atoms with Crippen molar-refractivity contribution in [1.82, 2.24) is 15.3 Å². The predicted octanol–water partition coefficient (Wildman–Crippen LogP) is 7.77. The fraction of sp³-hybridized carbons (Fsp3) is 0.368. The lowest BCUT2D eigenvalue weighted by molar-refractivity contribution is -0.124. The van der Waals surface area contributed by atoms with Gasteiger partial charge in [0.2, 0.25) is 5.91 Å². The van der Waals surface area contributed by atoms with Crippen LogP contribution >= 0.6 is 0 Å². The largest absolute Gasteiger partial charge is 0.351 e. The van der Waals surface area contributed by atoms with Crippen LogP contribution < -0.4 is 5.32 Å². The first kappa shape index (κ1) is 29.0. The van der Waals surface area contributed by atoms with E-state index in [1.165, 1.54) is 5.57 Å². The van der Waals surface area contributed by atoms with E-state index < -0.39 is 0 Å². The first-order chi connectivity index (χ1) is 21.1. The minimum atomic E-state index is -0.169. The Hall–Kier alpha value is -4.12. The van der Waals surface area contributed by atoms with E-state index in [0.29, 0.717) is 18.4 Å². The number of allylic oxidation sites excluding steroid dienone is 5. The summed E-state index contributed by atoms with van der Waals surface area (Å²) in [6.45, 7) is 4.83. The molecule has 3 aliphatic rings. The summed E-state index contributed by atoms with van der Waals surface area (Å²) >= 11 is 0. The van der Waals surface area contributed by atoms with Gasteiger partial charge in [-0.25, -0.2) is 9.97 Å². The first-order valence-corrected chi connectivity index (χ1v) is 15.9. The molecule has 1 N–H and O–H groups in total. The standard InChI is InChI=1S/C38H42N4O/c1-3-27-9-14-33(22-27)35-19-20-39-36(42-35)23-28-10-12-31(13-11-28)37(38(43)41-24-29-7-5-4-6-8-29)32-17-15-30(16-18-32)34-21-26(2)40-25-34/h4-9,14-22,25-26,28,31,33,37H,3,10-13,23-24H2,1-2H3,(H,41,43). The van der Waals surface area contributed by atoms with Crippen LogP contribution in [0.25, 0.3) is 5.57 Å². The van der Waals surface area contributed by atoms with E-state index in [-0.39, 0.29) is 23.8 Å². The molecule has 3 unspecified atom stereocenters. The number of aromatic nitrogens is 2. The summed E-state index contributed by atoms with van der Waals surface area (Å²) in [5.74, 6) is 2.00. The summed E-state index contributed by atoms with van der Waals surface area (Å²) in [5.41, 5.74) is 6.99. The van der Waals surface area contributed by atoms with E-state index in [4.69, 9.17) is 4.98 Å². The Morgan fingerprint density at radius 2 is 1.77 bits per heavy atom. The molecule has 0 spiro atoms. The van der Waals surface area contributed by atoms with Gasteiger partial charge >= 0.3 is 0 Å². The minimum Gasteiger partial charge on any atom is -0.351 e. The zero-order valence-electron chi connectivity index (χ0n) is 25.3. The van der Waals surface area contributed by atoms with Crippen molar-refractivity contribution in [2.24, 2.45) is 16.8 Å². The molecule has 2 heterocycles. The normalized spacial score (nSPS) is 23.6. The third kappa shape index (κ3) is 7.10. The molecule has 3 atom stereocenters. The summed E-state index contributed by atoms with van der Waals surface area (Å²) in [6, 6.07) is 21.0. The predicted molar refractivity (Wildman–Crippen MR) is 175 cm³/mol. The zero-order chi connectivity index (χ0) is 29.6. The molecule has 5 heteroatoms. The van der Waals surface area contributed by atoms with Crippen LogP contribution in [0.5, 0.6) is 0 Å². The fourth-order valence-corrected chi connectivity index (χ4v) is 6.80. The lowest BCUT2D eigenvalue weighted by atomic mass is 9.72. The molecular formula is C38H42N4O. The van der Waals surface area contributed by atoms with Crippen molar-refractivity contribution < 1.29 is 4.79 Å². The van der Waals surface area contributed by atoms with Crippen molar-refractivity contribution in [3.05, 3.63) is 125 Å². The molecule has 5 nitrogen and oxygen atoms in total. The lowest BCUT2D eigenvalue weighted by Gasteiger charge is -2.33. The molecule has 0 saturated heterocycles. The van der Waals surface area contributed by atoms with E-state index in [0.717, 1.165) is 72.3 Å². The summed E-state index contributed by atoms with van der Waals surface area (Å²) in [7, 11) is 0. The molecule has 0 radical (unpaired) electrons. The van der Waals surface area contributed by atoms with Gasteiger partial charge in [-0.1, -0.05) is 91.4 Å². The molecule has 6 rings (SSSR count). The highest BCUT2D eigenvalue weighted by atomic mass is 16.1. The highest BCUT2D eigenvalue weighted by Gasteiger charge is 2.33. The molecule has 220 valence electrons. The number of benzene rings is 2. The number of carbonyl (C=O) groups excluding carboxylic acids is 1. The number of nitrogens with one attached hydrogen (secondary N) is 1. The van der Waals surface area contributed by atoms with Crippen molar-refractivity contribution in [1.29, 1.82) is 0 Å². The van der Waals surface area contributed by atoms with Crippen molar-refractivity contribution in [2.75, 3.05) is 0 Å². The Morgan fingerprint density at radius 3 is 2.47 bits per heavy atom. The molecule has 2 aromatic carbocycles. The van der Waals surface area contributed by atoms with Crippen LogP contribution in [0, 0.1) is 11.8 Å². The third-order valence-electron chi connectivity index (χ3n) is 9.29. The van der Waals surface area contributed by atoms with Crippen molar-refractivity contribution in [2.45, 2.75) is 76.8 Å². The summed E-state index contributed by atoms with van der Waals surface area (Å²) in [4.78, 5) is 27.9. The van der Waals surface area contributed by atoms with Crippen LogP contribution in [0.1, 0.15) is 86.0 Å². The van der Waals surface area contributed by atoms with Crippen LogP contribution in [0.15, 0.2) is 102 Å². The molecule has 2 aliphatic carbocycles. The Balaban J connectivity index is 1.13. The van der Waals surface area contributed by atoms with Gasteiger partial charge in [-0.15, -0.1) is 0 Å². The maximum atomic E-state index is 13.8. The van der Waals surface area contributed by atoms with Crippen molar-refractivity contribution >= 4 is 17.7 Å².